The number of aromatic nitrogens is 2. The third-order valence-corrected chi connectivity index (χ3v) is 5.81. The van der Waals surface area contributed by atoms with Crippen molar-refractivity contribution in [3.05, 3.63) is 96.1 Å². The number of benzene rings is 3. The quantitative estimate of drug-likeness (QED) is 0.216. The van der Waals surface area contributed by atoms with Gasteiger partial charge in [-0.05, 0) is 58.9 Å². The summed E-state index contributed by atoms with van der Waals surface area (Å²) in [7, 11) is 0. The highest BCUT2D eigenvalue weighted by Gasteiger charge is 2.15. The van der Waals surface area contributed by atoms with E-state index in [1.807, 2.05) is 48.5 Å². The molecule has 0 atom stereocenters. The molecule has 35 heavy (non-hydrogen) atoms. The van der Waals surface area contributed by atoms with Crippen LogP contribution in [0.2, 0.25) is 0 Å². The Morgan fingerprint density at radius 3 is 1.74 bits per heavy atom. The lowest BCUT2D eigenvalue weighted by Gasteiger charge is -2.18. The van der Waals surface area contributed by atoms with Crippen LogP contribution in [0.5, 0.6) is 0 Å². The third kappa shape index (κ3) is 5.93. The predicted molar refractivity (Wildman–Crippen MR) is 139 cm³/mol. The molecule has 4 rings (SSSR count). The van der Waals surface area contributed by atoms with Crippen LogP contribution in [0.3, 0.4) is 0 Å². The zero-order valence-corrected chi connectivity index (χ0v) is 20.7. The predicted octanol–water partition coefficient (Wildman–Crippen LogP) is 7.03. The molecule has 0 saturated heterocycles. The van der Waals surface area contributed by atoms with E-state index in [1.165, 1.54) is 5.56 Å². The van der Waals surface area contributed by atoms with Gasteiger partial charge in [0.15, 0.2) is 0 Å². The lowest BCUT2D eigenvalue weighted by Crippen LogP contribution is -2.10. The average molecular weight is 467 g/mol. The molecule has 5 nitrogen and oxygen atoms in total. The molecule has 4 aromatic rings. The van der Waals surface area contributed by atoms with Gasteiger partial charge in [0.05, 0.1) is 6.61 Å². The highest BCUT2D eigenvalue weighted by Crippen LogP contribution is 2.29. The van der Waals surface area contributed by atoms with E-state index in [9.17, 15) is 4.79 Å². The molecule has 0 N–H and O–H groups in total. The molecule has 0 aliphatic heterocycles. The molecule has 0 saturated carbocycles. The van der Waals surface area contributed by atoms with E-state index >= 15 is 0 Å². The summed E-state index contributed by atoms with van der Waals surface area (Å²) >= 11 is 0. The van der Waals surface area contributed by atoms with Crippen LogP contribution in [0.25, 0.3) is 34.0 Å². The summed E-state index contributed by atoms with van der Waals surface area (Å²) in [4.78, 5) is 11.5. The molecule has 1 aromatic heterocycles. The first-order chi connectivity index (χ1) is 16.7. The number of nitrogens with zero attached hydrogens (tertiary/aromatic N) is 2. The summed E-state index contributed by atoms with van der Waals surface area (Å²) in [5.74, 6) is 0.647. The van der Waals surface area contributed by atoms with Crippen LogP contribution < -0.4 is 0 Å². The van der Waals surface area contributed by atoms with Gasteiger partial charge in [-0.25, -0.2) is 4.79 Å². The van der Waals surface area contributed by atoms with Crippen LogP contribution in [0.15, 0.2) is 89.4 Å². The molecule has 3 aromatic carbocycles. The molecule has 0 radical (unpaired) electrons. The smallest absolute Gasteiger partial charge is 0.333 e. The number of rotatable bonds is 7. The molecular formula is C30H30N2O3. The minimum absolute atomic E-state index is 0.0973. The minimum atomic E-state index is -0.353. The second kappa shape index (κ2) is 10.1. The first-order valence-corrected chi connectivity index (χ1v) is 11.7. The Hall–Kier alpha value is -3.99. The molecule has 0 aliphatic rings. The number of hydrogen-bond donors (Lipinski definition) is 0. The van der Waals surface area contributed by atoms with Crippen LogP contribution in [0.1, 0.15) is 38.8 Å². The van der Waals surface area contributed by atoms with Crippen LogP contribution >= 0.6 is 0 Å². The highest BCUT2D eigenvalue weighted by molar-refractivity contribution is 5.86. The number of hydrogen-bond acceptors (Lipinski definition) is 5. The van der Waals surface area contributed by atoms with E-state index in [0.717, 1.165) is 27.8 Å². The van der Waals surface area contributed by atoms with Crippen molar-refractivity contribution in [3.63, 3.8) is 0 Å². The van der Waals surface area contributed by atoms with Crippen LogP contribution in [-0.4, -0.2) is 22.8 Å². The van der Waals surface area contributed by atoms with Gasteiger partial charge in [0.25, 0.3) is 0 Å². The first kappa shape index (κ1) is 24.1. The van der Waals surface area contributed by atoms with Gasteiger partial charge < -0.3 is 9.15 Å². The van der Waals surface area contributed by atoms with Crippen molar-refractivity contribution >= 4 is 5.97 Å². The molecule has 178 valence electrons. The zero-order chi connectivity index (χ0) is 25.0. The van der Waals surface area contributed by atoms with Gasteiger partial charge in [-0.1, -0.05) is 75.9 Å². The van der Waals surface area contributed by atoms with E-state index in [1.54, 1.807) is 6.92 Å². The zero-order valence-electron chi connectivity index (χ0n) is 20.7. The summed E-state index contributed by atoms with van der Waals surface area (Å²) in [6, 6.07) is 24.5. The molecule has 5 heteroatoms. The van der Waals surface area contributed by atoms with E-state index in [4.69, 9.17) is 9.15 Å². The molecule has 0 bridgehead atoms. The molecule has 0 aliphatic carbocycles. The van der Waals surface area contributed by atoms with Gasteiger partial charge in [0, 0.05) is 23.1 Å². The van der Waals surface area contributed by atoms with Gasteiger partial charge in [0.1, 0.15) is 0 Å². The summed E-state index contributed by atoms with van der Waals surface area (Å²) in [5.41, 5.74) is 6.84. The Morgan fingerprint density at radius 2 is 1.26 bits per heavy atom. The van der Waals surface area contributed by atoms with E-state index in [0.29, 0.717) is 30.4 Å². The maximum atomic E-state index is 11.5. The number of carbonyl (C=O) groups is 1. The monoisotopic (exact) mass is 466 g/mol. The fraction of sp³-hybridized carbons (Fsp3) is 0.233. The second-order valence-corrected chi connectivity index (χ2v) is 9.68. The van der Waals surface area contributed by atoms with E-state index < -0.39 is 0 Å². The molecule has 0 spiro atoms. The van der Waals surface area contributed by atoms with E-state index in [-0.39, 0.29) is 11.4 Å². The van der Waals surface area contributed by atoms with Crippen LogP contribution in [0.4, 0.5) is 0 Å². The summed E-state index contributed by atoms with van der Waals surface area (Å²) in [5, 5.41) is 8.48. The van der Waals surface area contributed by atoms with Gasteiger partial charge in [-0.3, -0.25) is 0 Å². The fourth-order valence-electron chi connectivity index (χ4n) is 3.62. The fourth-order valence-corrected chi connectivity index (χ4v) is 3.62. The Bertz CT molecular complexity index is 1310. The standard InChI is InChI=1S/C30H30N2O3/c1-20(2)29(33)34-19-18-21-6-8-22(9-7-21)23-10-12-24(13-11-23)27-31-32-28(35-27)25-14-16-26(17-15-25)30(3,4)5/h6-17H,1,18-19H2,2-5H3. The lowest BCUT2D eigenvalue weighted by atomic mass is 9.87. The van der Waals surface area contributed by atoms with Crippen molar-refractivity contribution < 1.29 is 13.9 Å². The summed E-state index contributed by atoms with van der Waals surface area (Å²) < 4.78 is 11.1. The largest absolute Gasteiger partial charge is 0.462 e. The van der Waals surface area contributed by atoms with Crippen LogP contribution in [0, 0.1) is 0 Å². The van der Waals surface area contributed by atoms with Gasteiger partial charge in [0.2, 0.25) is 11.8 Å². The van der Waals surface area contributed by atoms with Crippen molar-refractivity contribution in [2.75, 3.05) is 6.61 Å². The van der Waals surface area contributed by atoms with Crippen molar-refractivity contribution in [2.45, 2.75) is 39.5 Å². The number of esters is 1. The van der Waals surface area contributed by atoms with Gasteiger partial charge >= 0.3 is 5.97 Å². The average Bonchev–Trinajstić information content (AvgIpc) is 3.34. The second-order valence-electron chi connectivity index (χ2n) is 9.68. The van der Waals surface area contributed by atoms with Crippen molar-refractivity contribution in [1.82, 2.24) is 10.2 Å². The van der Waals surface area contributed by atoms with Crippen molar-refractivity contribution in [3.8, 4) is 34.0 Å². The maximum absolute atomic E-state index is 11.5. The minimum Gasteiger partial charge on any atom is -0.462 e. The van der Waals surface area contributed by atoms with Crippen molar-refractivity contribution in [2.24, 2.45) is 0 Å². The maximum Gasteiger partial charge on any atom is 0.333 e. The topological polar surface area (TPSA) is 65.2 Å². The van der Waals surface area contributed by atoms with Gasteiger partial charge in [-0.15, -0.1) is 10.2 Å². The van der Waals surface area contributed by atoms with Gasteiger partial charge in [-0.2, -0.15) is 0 Å². The summed E-state index contributed by atoms with van der Waals surface area (Å²) in [6.45, 7) is 12.1. The molecule has 0 unspecified atom stereocenters. The molecule has 1 heterocycles. The molecule has 0 fully saturated rings. The van der Waals surface area contributed by atoms with E-state index in [2.05, 4.69) is 61.8 Å². The molecular weight excluding hydrogens is 436 g/mol. The summed E-state index contributed by atoms with van der Waals surface area (Å²) in [6.07, 6.45) is 0.663. The third-order valence-electron chi connectivity index (χ3n) is 5.81. The lowest BCUT2D eigenvalue weighted by molar-refractivity contribution is -0.138. The highest BCUT2D eigenvalue weighted by atomic mass is 16.5. The Kier molecular flexibility index (Phi) is 6.97. The number of ether oxygens (including phenoxy) is 1. The molecule has 0 amide bonds. The Labute approximate surface area is 206 Å². The Balaban J connectivity index is 1.41. The van der Waals surface area contributed by atoms with Crippen molar-refractivity contribution in [1.29, 1.82) is 0 Å². The first-order valence-electron chi connectivity index (χ1n) is 11.7. The number of carbonyl (C=O) groups excluding carboxylic acids is 1. The normalized spacial score (nSPS) is 11.3. The SMILES string of the molecule is C=C(C)C(=O)OCCc1ccc(-c2ccc(-c3nnc(-c4ccc(C(C)(C)C)cc4)o3)cc2)cc1. The Morgan fingerprint density at radius 1 is 0.800 bits per heavy atom. The van der Waals surface area contributed by atoms with Crippen LogP contribution in [-0.2, 0) is 21.4 Å².